The minimum absolute atomic E-state index is 0.356. The first-order valence-corrected chi connectivity index (χ1v) is 6.58. The third-order valence-electron chi connectivity index (χ3n) is 3.09. The van der Waals surface area contributed by atoms with Gasteiger partial charge in [0.2, 0.25) is 0 Å². The summed E-state index contributed by atoms with van der Waals surface area (Å²) < 4.78 is 4.06. The van der Waals surface area contributed by atoms with E-state index in [2.05, 4.69) is 31.7 Å². The molecule has 19 heavy (non-hydrogen) atoms. The molecule has 6 nitrogen and oxygen atoms in total. The van der Waals surface area contributed by atoms with Crippen LogP contribution in [0.1, 0.15) is 18.6 Å². The van der Waals surface area contributed by atoms with E-state index in [1.807, 2.05) is 10.6 Å². The molecule has 3 heterocycles. The number of alkyl halides is 1. The predicted octanol–water partition coefficient (Wildman–Crippen LogP) is 1.83. The fourth-order valence-electron chi connectivity index (χ4n) is 2.12. The number of halogens is 1. The third-order valence-corrected chi connectivity index (χ3v) is 3.32. The average Bonchev–Trinajstić information content (AvgIpc) is 3.04. The normalized spacial score (nSPS) is 11.3. The molecule has 0 bridgehead atoms. The highest BCUT2D eigenvalue weighted by atomic mass is 35.5. The molecule has 0 fully saturated rings. The van der Waals surface area contributed by atoms with Crippen LogP contribution in [0.25, 0.3) is 11.0 Å². The lowest BCUT2D eigenvalue weighted by Gasteiger charge is -2.08. The van der Waals surface area contributed by atoms with Crippen LogP contribution in [0.3, 0.4) is 0 Å². The molecule has 0 radical (unpaired) electrons. The van der Waals surface area contributed by atoms with Crippen LogP contribution in [0.15, 0.2) is 24.8 Å². The van der Waals surface area contributed by atoms with Crippen LogP contribution >= 0.6 is 11.6 Å². The van der Waals surface area contributed by atoms with E-state index in [0.29, 0.717) is 12.4 Å². The third kappa shape index (κ3) is 2.08. The summed E-state index contributed by atoms with van der Waals surface area (Å²) in [6, 6.07) is 1.94. The molecule has 98 valence electrons. The van der Waals surface area contributed by atoms with Gasteiger partial charge in [0.1, 0.15) is 17.7 Å². The van der Waals surface area contributed by atoms with Crippen LogP contribution in [-0.2, 0) is 19.0 Å². The van der Waals surface area contributed by atoms with Gasteiger partial charge in [0, 0.05) is 12.7 Å². The van der Waals surface area contributed by atoms with E-state index in [1.54, 1.807) is 18.7 Å². The maximum Gasteiger partial charge on any atom is 0.152 e. The summed E-state index contributed by atoms with van der Waals surface area (Å²) >= 11 is 5.97. The molecule has 0 aliphatic rings. The van der Waals surface area contributed by atoms with Gasteiger partial charge in [0.15, 0.2) is 5.82 Å². The van der Waals surface area contributed by atoms with Crippen molar-refractivity contribution in [2.75, 3.05) is 0 Å². The Kier molecular flexibility index (Phi) is 3.16. The van der Waals surface area contributed by atoms with Gasteiger partial charge in [-0.2, -0.15) is 0 Å². The number of hydrogen-bond acceptors (Lipinski definition) is 4. The fraction of sp³-hybridized carbons (Fsp3) is 0.333. The molecule has 0 aromatic carbocycles. The van der Waals surface area contributed by atoms with E-state index in [0.717, 1.165) is 29.2 Å². The van der Waals surface area contributed by atoms with Crippen LogP contribution in [0.2, 0.25) is 0 Å². The van der Waals surface area contributed by atoms with Gasteiger partial charge < -0.3 is 9.13 Å². The minimum atomic E-state index is 0.356. The molecule has 3 aromatic heterocycles. The minimum Gasteiger partial charge on any atom is -0.319 e. The molecule has 0 N–H and O–H groups in total. The maximum atomic E-state index is 5.97. The number of imidazole rings is 1. The van der Waals surface area contributed by atoms with E-state index in [1.165, 1.54) is 0 Å². The van der Waals surface area contributed by atoms with Gasteiger partial charge in [-0.1, -0.05) is 0 Å². The van der Waals surface area contributed by atoms with Crippen LogP contribution in [0, 0.1) is 0 Å². The van der Waals surface area contributed by atoms with E-state index in [4.69, 9.17) is 11.6 Å². The molecule has 0 aliphatic heterocycles. The van der Waals surface area contributed by atoms with E-state index in [9.17, 15) is 0 Å². The van der Waals surface area contributed by atoms with Crippen molar-refractivity contribution in [2.45, 2.75) is 25.9 Å². The number of hydrogen-bond donors (Lipinski definition) is 0. The van der Waals surface area contributed by atoms with Crippen LogP contribution in [-0.4, -0.2) is 29.3 Å². The highest BCUT2D eigenvalue weighted by Gasteiger charge is 2.12. The molecule has 3 rings (SSSR count). The smallest absolute Gasteiger partial charge is 0.152 e. The predicted molar refractivity (Wildman–Crippen MR) is 71.9 cm³/mol. The largest absolute Gasteiger partial charge is 0.319 e. The summed E-state index contributed by atoms with van der Waals surface area (Å²) in [5.41, 5.74) is 1.86. The molecular formula is C12H13ClN6. The first kappa shape index (κ1) is 12.1. The average molecular weight is 277 g/mol. The van der Waals surface area contributed by atoms with Crippen molar-refractivity contribution in [3.05, 3.63) is 36.4 Å². The second-order valence-corrected chi connectivity index (χ2v) is 4.41. The Balaban J connectivity index is 2.09. The topological polar surface area (TPSA) is 61.4 Å². The molecule has 0 saturated heterocycles. The number of rotatable bonds is 4. The fourth-order valence-corrected chi connectivity index (χ4v) is 2.32. The molecule has 0 aliphatic carbocycles. The number of fused-ring (bicyclic) bond motifs is 1. The lowest BCUT2D eigenvalue weighted by molar-refractivity contribution is 0.648. The molecule has 0 amide bonds. The highest BCUT2D eigenvalue weighted by molar-refractivity contribution is 6.16. The standard InChI is InChI=1S/C12H13ClN6/c1-2-18-8-15-17-12(18)7-19-10-3-4-14-6-9(10)16-11(19)5-13/h3-4,6,8H,2,5,7H2,1H3. The van der Waals surface area contributed by atoms with Gasteiger partial charge >= 0.3 is 0 Å². The number of aryl methyl sites for hydroxylation is 1. The Morgan fingerprint density at radius 1 is 1.32 bits per heavy atom. The van der Waals surface area contributed by atoms with Crippen molar-refractivity contribution in [1.29, 1.82) is 0 Å². The zero-order valence-electron chi connectivity index (χ0n) is 10.5. The molecule has 0 atom stereocenters. The van der Waals surface area contributed by atoms with Gasteiger partial charge in [0.25, 0.3) is 0 Å². The Labute approximate surface area is 115 Å². The van der Waals surface area contributed by atoms with Crippen molar-refractivity contribution in [1.82, 2.24) is 29.3 Å². The maximum absolute atomic E-state index is 5.97. The van der Waals surface area contributed by atoms with Gasteiger partial charge in [-0.15, -0.1) is 21.8 Å². The Morgan fingerprint density at radius 3 is 3.00 bits per heavy atom. The highest BCUT2D eigenvalue weighted by Crippen LogP contribution is 2.17. The zero-order chi connectivity index (χ0) is 13.2. The van der Waals surface area contributed by atoms with Crippen molar-refractivity contribution in [3.8, 4) is 0 Å². The van der Waals surface area contributed by atoms with Gasteiger partial charge in [0.05, 0.1) is 24.1 Å². The molecule has 0 spiro atoms. The Bertz CT molecular complexity index is 701. The Morgan fingerprint density at radius 2 is 2.21 bits per heavy atom. The monoisotopic (exact) mass is 276 g/mol. The number of aromatic nitrogens is 6. The SMILES string of the molecule is CCn1cnnc1Cn1c(CCl)nc2cnccc21. The number of nitrogens with zero attached hydrogens (tertiary/aromatic N) is 6. The Hall–Kier alpha value is -1.95. The first-order chi connectivity index (χ1) is 9.33. The summed E-state index contributed by atoms with van der Waals surface area (Å²) in [5, 5.41) is 8.09. The second kappa shape index (κ2) is 4.97. The molecule has 3 aromatic rings. The van der Waals surface area contributed by atoms with Crippen molar-refractivity contribution in [2.24, 2.45) is 0 Å². The van der Waals surface area contributed by atoms with E-state index in [-0.39, 0.29) is 0 Å². The summed E-state index contributed by atoms with van der Waals surface area (Å²) in [5.74, 6) is 2.06. The lowest BCUT2D eigenvalue weighted by atomic mass is 10.4. The van der Waals surface area contributed by atoms with Crippen molar-refractivity contribution in [3.63, 3.8) is 0 Å². The van der Waals surface area contributed by atoms with Crippen LogP contribution in [0.4, 0.5) is 0 Å². The number of pyridine rings is 1. The van der Waals surface area contributed by atoms with Gasteiger partial charge in [-0.3, -0.25) is 4.98 Å². The first-order valence-electron chi connectivity index (χ1n) is 6.05. The molecule has 0 unspecified atom stereocenters. The van der Waals surface area contributed by atoms with Crippen LogP contribution in [0.5, 0.6) is 0 Å². The summed E-state index contributed by atoms with van der Waals surface area (Å²) in [6.07, 6.45) is 5.23. The molecular weight excluding hydrogens is 264 g/mol. The van der Waals surface area contributed by atoms with Gasteiger partial charge in [-0.05, 0) is 13.0 Å². The molecule has 7 heteroatoms. The second-order valence-electron chi connectivity index (χ2n) is 4.15. The zero-order valence-corrected chi connectivity index (χ0v) is 11.2. The van der Waals surface area contributed by atoms with E-state index < -0.39 is 0 Å². The van der Waals surface area contributed by atoms with Crippen molar-refractivity contribution < 1.29 is 0 Å². The summed E-state index contributed by atoms with van der Waals surface area (Å²) in [6.45, 7) is 3.51. The summed E-state index contributed by atoms with van der Waals surface area (Å²) in [7, 11) is 0. The summed E-state index contributed by atoms with van der Waals surface area (Å²) in [4.78, 5) is 8.56. The van der Waals surface area contributed by atoms with Crippen molar-refractivity contribution >= 4 is 22.6 Å². The van der Waals surface area contributed by atoms with E-state index >= 15 is 0 Å². The lowest BCUT2D eigenvalue weighted by Crippen LogP contribution is -2.09. The van der Waals surface area contributed by atoms with Crippen LogP contribution < -0.4 is 0 Å². The van der Waals surface area contributed by atoms with Gasteiger partial charge in [-0.25, -0.2) is 4.98 Å². The quantitative estimate of drug-likeness (QED) is 0.682. The molecule has 0 saturated carbocycles.